The van der Waals surface area contributed by atoms with Gasteiger partial charge in [-0.1, -0.05) is 22.0 Å². The molecule has 9 heteroatoms. The van der Waals surface area contributed by atoms with Crippen LogP contribution < -0.4 is 14.8 Å². The highest BCUT2D eigenvalue weighted by Crippen LogP contribution is 2.33. The fraction of sp³-hybridized carbons (Fsp3) is 0.0909. The number of hydrogen-bond acceptors (Lipinski definition) is 5. The molecule has 0 saturated heterocycles. The van der Waals surface area contributed by atoms with Crippen LogP contribution in [0.25, 0.3) is 10.9 Å². The lowest BCUT2D eigenvalue weighted by Crippen LogP contribution is -2.03. The monoisotopic (exact) mass is 507 g/mol. The van der Waals surface area contributed by atoms with Gasteiger partial charge in [0.05, 0.1) is 18.2 Å². The number of methoxy groups -OCH3 is 1. The number of nitrogens with zero attached hydrogens (tertiary/aromatic N) is 2. The van der Waals surface area contributed by atoms with E-state index in [0.717, 1.165) is 15.4 Å². The van der Waals surface area contributed by atoms with E-state index >= 15 is 0 Å². The standard InChI is InChI=1S/C22H16BrF2N3O2.ClH/c1-29-21-10-14(28-22-15-9-13(23)5-7-19(15)26-12-27-22)6-8-20(21)30-11-16-17(24)3-2-4-18(16)25;/h2-10,12H,11H2,1H3,(H,26,27,28);1H. The molecule has 3 aromatic carbocycles. The van der Waals surface area contributed by atoms with Crippen LogP contribution in [0.1, 0.15) is 5.56 Å². The highest BCUT2D eigenvalue weighted by Gasteiger charge is 2.12. The summed E-state index contributed by atoms with van der Waals surface area (Å²) in [6, 6.07) is 14.6. The zero-order chi connectivity index (χ0) is 21.1. The van der Waals surface area contributed by atoms with Gasteiger partial charge in [-0.25, -0.2) is 18.7 Å². The van der Waals surface area contributed by atoms with Crippen molar-refractivity contribution in [3.63, 3.8) is 0 Å². The molecule has 0 atom stereocenters. The topological polar surface area (TPSA) is 56.3 Å². The Morgan fingerprint density at radius 1 is 0.968 bits per heavy atom. The summed E-state index contributed by atoms with van der Waals surface area (Å²) in [6.07, 6.45) is 1.48. The second-order valence-corrected chi connectivity index (χ2v) is 7.28. The van der Waals surface area contributed by atoms with Crippen LogP contribution >= 0.6 is 28.3 Å². The molecule has 4 rings (SSSR count). The number of hydrogen-bond donors (Lipinski definition) is 1. The minimum absolute atomic E-state index is 0. The first kappa shape index (κ1) is 22.7. The summed E-state index contributed by atoms with van der Waals surface area (Å²) < 4.78 is 39.5. The Morgan fingerprint density at radius 2 is 1.74 bits per heavy atom. The maximum atomic E-state index is 13.8. The minimum atomic E-state index is -0.658. The molecular weight excluding hydrogens is 492 g/mol. The number of benzene rings is 3. The molecule has 0 bridgehead atoms. The van der Waals surface area contributed by atoms with Crippen molar-refractivity contribution in [3.05, 3.63) is 82.6 Å². The second-order valence-electron chi connectivity index (χ2n) is 6.36. The Labute approximate surface area is 192 Å². The first-order valence-corrected chi connectivity index (χ1v) is 9.75. The molecule has 1 heterocycles. The Morgan fingerprint density at radius 3 is 2.48 bits per heavy atom. The summed E-state index contributed by atoms with van der Waals surface area (Å²) in [5.74, 6) is 0.0887. The van der Waals surface area contributed by atoms with Gasteiger partial charge in [0, 0.05) is 21.6 Å². The van der Waals surface area contributed by atoms with E-state index in [2.05, 4.69) is 31.2 Å². The molecule has 4 aromatic rings. The Kier molecular flexibility index (Phi) is 7.25. The summed E-state index contributed by atoms with van der Waals surface area (Å²) >= 11 is 3.46. The van der Waals surface area contributed by atoms with Crippen molar-refractivity contribution in [1.82, 2.24) is 9.97 Å². The molecule has 1 aromatic heterocycles. The van der Waals surface area contributed by atoms with Crippen molar-refractivity contribution >= 4 is 50.7 Å². The maximum Gasteiger partial charge on any atom is 0.162 e. The van der Waals surface area contributed by atoms with Gasteiger partial charge in [0.1, 0.15) is 30.4 Å². The lowest BCUT2D eigenvalue weighted by Gasteiger charge is -2.14. The van der Waals surface area contributed by atoms with Gasteiger partial charge in [0.25, 0.3) is 0 Å². The zero-order valence-corrected chi connectivity index (χ0v) is 18.6. The lowest BCUT2D eigenvalue weighted by atomic mass is 10.2. The number of aromatic nitrogens is 2. The first-order valence-electron chi connectivity index (χ1n) is 8.96. The minimum Gasteiger partial charge on any atom is -0.493 e. The third-order valence-corrected chi connectivity index (χ3v) is 4.95. The van der Waals surface area contributed by atoms with Gasteiger partial charge < -0.3 is 14.8 Å². The van der Waals surface area contributed by atoms with Crippen LogP contribution in [0.5, 0.6) is 11.5 Å². The van der Waals surface area contributed by atoms with Crippen LogP contribution in [0.3, 0.4) is 0 Å². The number of ether oxygens (including phenoxy) is 2. The van der Waals surface area contributed by atoms with Crippen LogP contribution in [0.2, 0.25) is 0 Å². The van der Waals surface area contributed by atoms with Crippen molar-refractivity contribution in [3.8, 4) is 11.5 Å². The second kappa shape index (κ2) is 9.89. The van der Waals surface area contributed by atoms with Gasteiger partial charge in [-0.15, -0.1) is 12.4 Å². The van der Waals surface area contributed by atoms with Crippen LogP contribution in [0, 0.1) is 11.6 Å². The number of rotatable bonds is 6. The van der Waals surface area contributed by atoms with E-state index < -0.39 is 11.6 Å². The molecule has 1 N–H and O–H groups in total. The molecular formula is C22H17BrClF2N3O2. The molecule has 0 aliphatic heterocycles. The van der Waals surface area contributed by atoms with Crippen LogP contribution in [-0.4, -0.2) is 17.1 Å². The molecule has 0 radical (unpaired) electrons. The number of halogens is 4. The van der Waals surface area contributed by atoms with Crippen LogP contribution in [0.4, 0.5) is 20.3 Å². The number of fused-ring (bicyclic) bond motifs is 1. The molecule has 0 amide bonds. The summed E-state index contributed by atoms with van der Waals surface area (Å²) in [5, 5.41) is 4.09. The zero-order valence-electron chi connectivity index (χ0n) is 16.2. The maximum absolute atomic E-state index is 13.8. The first-order chi connectivity index (χ1) is 14.5. The van der Waals surface area contributed by atoms with Gasteiger partial charge in [0.2, 0.25) is 0 Å². The molecule has 0 aliphatic rings. The fourth-order valence-corrected chi connectivity index (χ4v) is 3.31. The van der Waals surface area contributed by atoms with Gasteiger partial charge in [-0.05, 0) is 42.5 Å². The van der Waals surface area contributed by atoms with Crippen molar-refractivity contribution < 1.29 is 18.3 Å². The Balaban J connectivity index is 0.00000272. The normalized spacial score (nSPS) is 10.5. The van der Waals surface area contributed by atoms with E-state index in [-0.39, 0.29) is 24.6 Å². The van der Waals surface area contributed by atoms with E-state index in [0.29, 0.717) is 23.0 Å². The van der Waals surface area contributed by atoms with Crippen LogP contribution in [-0.2, 0) is 6.61 Å². The van der Waals surface area contributed by atoms with E-state index in [1.807, 2.05) is 18.2 Å². The van der Waals surface area contributed by atoms with Gasteiger partial charge in [-0.2, -0.15) is 0 Å². The molecule has 160 valence electrons. The van der Waals surface area contributed by atoms with E-state index in [1.54, 1.807) is 18.2 Å². The van der Waals surface area contributed by atoms with Crippen molar-refractivity contribution in [2.24, 2.45) is 0 Å². The molecule has 5 nitrogen and oxygen atoms in total. The van der Waals surface area contributed by atoms with Crippen LogP contribution in [0.15, 0.2) is 65.4 Å². The summed E-state index contributed by atoms with van der Waals surface area (Å²) in [6.45, 7) is -0.258. The fourth-order valence-electron chi connectivity index (χ4n) is 2.95. The molecule has 31 heavy (non-hydrogen) atoms. The summed E-state index contributed by atoms with van der Waals surface area (Å²) in [7, 11) is 1.49. The SMILES string of the molecule is COc1cc(Nc2ncnc3ccc(Br)cc23)ccc1OCc1c(F)cccc1F.Cl. The predicted octanol–water partition coefficient (Wildman–Crippen LogP) is 6.42. The van der Waals surface area contributed by atoms with Gasteiger partial charge >= 0.3 is 0 Å². The Hall–Kier alpha value is -2.97. The number of anilines is 2. The third-order valence-electron chi connectivity index (χ3n) is 4.46. The van der Waals surface area contributed by atoms with E-state index in [1.165, 1.54) is 31.6 Å². The largest absolute Gasteiger partial charge is 0.493 e. The molecule has 0 saturated carbocycles. The molecule has 0 fully saturated rings. The van der Waals surface area contributed by atoms with Gasteiger partial charge in [0.15, 0.2) is 11.5 Å². The van der Waals surface area contributed by atoms with Crippen molar-refractivity contribution in [1.29, 1.82) is 0 Å². The average Bonchev–Trinajstić information content (AvgIpc) is 2.74. The quantitative estimate of drug-likeness (QED) is 0.326. The predicted molar refractivity (Wildman–Crippen MR) is 121 cm³/mol. The average molecular weight is 509 g/mol. The van der Waals surface area contributed by atoms with Gasteiger partial charge in [-0.3, -0.25) is 0 Å². The third kappa shape index (κ3) is 5.03. The summed E-state index contributed by atoms with van der Waals surface area (Å²) in [4.78, 5) is 8.58. The van der Waals surface area contributed by atoms with Crippen molar-refractivity contribution in [2.75, 3.05) is 12.4 Å². The smallest absolute Gasteiger partial charge is 0.162 e. The molecule has 0 aliphatic carbocycles. The van der Waals surface area contributed by atoms with Crippen molar-refractivity contribution in [2.45, 2.75) is 6.61 Å². The van der Waals surface area contributed by atoms with E-state index in [4.69, 9.17) is 9.47 Å². The highest BCUT2D eigenvalue weighted by molar-refractivity contribution is 9.10. The Bertz CT molecular complexity index is 1210. The summed E-state index contributed by atoms with van der Waals surface area (Å²) in [5.41, 5.74) is 1.37. The highest BCUT2D eigenvalue weighted by atomic mass is 79.9. The van der Waals surface area contributed by atoms with E-state index in [9.17, 15) is 8.78 Å². The molecule has 0 spiro atoms. The molecule has 0 unspecified atom stereocenters. The number of nitrogens with one attached hydrogen (secondary N) is 1. The lowest BCUT2D eigenvalue weighted by molar-refractivity contribution is 0.274.